The zero-order valence-electron chi connectivity index (χ0n) is 19.3. The molecule has 2 aromatic rings. The molecule has 0 amide bonds. The van der Waals surface area contributed by atoms with E-state index in [1.54, 1.807) is 0 Å². The van der Waals surface area contributed by atoms with Crippen LogP contribution in [0.5, 0.6) is 6.01 Å². The van der Waals surface area contributed by atoms with E-state index in [1.807, 2.05) is 4.57 Å². The second-order valence-electron chi connectivity index (χ2n) is 9.01. The number of anilines is 1. The van der Waals surface area contributed by atoms with Gasteiger partial charge in [0.15, 0.2) is 5.82 Å². The van der Waals surface area contributed by atoms with Gasteiger partial charge in [-0.05, 0) is 31.7 Å². The minimum atomic E-state index is -1.20. The standard InChI is InChI=1S/C22H36ClN5O2Si/c1-5-6-12-30-22-26-19-17(10-8-7-9-11-23)18(15-24)28(20(19)21(25)27-22)16-29-13-14-31(2,3)4/h5-14,16H2,1-4H3,(H2,25,26,27). The van der Waals surface area contributed by atoms with Crippen LogP contribution in [-0.2, 0) is 17.9 Å². The largest absolute Gasteiger partial charge is 0.463 e. The first-order chi connectivity index (χ1) is 14.8. The van der Waals surface area contributed by atoms with Crippen LogP contribution >= 0.6 is 11.6 Å². The molecule has 0 saturated carbocycles. The maximum absolute atomic E-state index is 9.96. The first kappa shape index (κ1) is 25.4. The minimum Gasteiger partial charge on any atom is -0.463 e. The summed E-state index contributed by atoms with van der Waals surface area (Å²) < 4.78 is 13.5. The summed E-state index contributed by atoms with van der Waals surface area (Å²) in [4.78, 5) is 8.99. The summed E-state index contributed by atoms with van der Waals surface area (Å²) in [5.41, 5.74) is 9.09. The highest BCUT2D eigenvalue weighted by Gasteiger charge is 2.22. The van der Waals surface area contributed by atoms with Gasteiger partial charge < -0.3 is 19.8 Å². The van der Waals surface area contributed by atoms with E-state index in [0.29, 0.717) is 41.6 Å². The minimum absolute atomic E-state index is 0.259. The third kappa shape index (κ3) is 7.37. The number of aryl methyl sites for hydroxylation is 1. The van der Waals surface area contributed by atoms with E-state index in [1.165, 1.54) is 0 Å². The third-order valence-electron chi connectivity index (χ3n) is 5.11. The summed E-state index contributed by atoms with van der Waals surface area (Å²) in [5, 5.41) is 9.96. The van der Waals surface area contributed by atoms with Crippen LogP contribution in [0.25, 0.3) is 11.0 Å². The highest BCUT2D eigenvalue weighted by molar-refractivity contribution is 6.76. The van der Waals surface area contributed by atoms with Gasteiger partial charge in [-0.1, -0.05) is 39.4 Å². The lowest BCUT2D eigenvalue weighted by molar-refractivity contribution is 0.0896. The van der Waals surface area contributed by atoms with E-state index in [-0.39, 0.29) is 12.7 Å². The average molecular weight is 466 g/mol. The number of rotatable bonds is 14. The van der Waals surface area contributed by atoms with E-state index < -0.39 is 8.07 Å². The maximum Gasteiger partial charge on any atom is 0.319 e. The van der Waals surface area contributed by atoms with E-state index in [4.69, 9.17) is 26.8 Å². The monoisotopic (exact) mass is 465 g/mol. The Morgan fingerprint density at radius 2 is 1.90 bits per heavy atom. The molecule has 0 atom stereocenters. The first-order valence-electron chi connectivity index (χ1n) is 11.2. The van der Waals surface area contributed by atoms with Crippen LogP contribution in [0.1, 0.15) is 50.3 Å². The zero-order valence-corrected chi connectivity index (χ0v) is 21.1. The Bertz CT molecular complexity index is 889. The molecule has 0 aliphatic rings. The topological polar surface area (TPSA) is 99.0 Å². The van der Waals surface area contributed by atoms with Crippen LogP contribution in [0.4, 0.5) is 5.82 Å². The van der Waals surface area contributed by atoms with Crippen molar-refractivity contribution in [2.24, 2.45) is 0 Å². The number of unbranched alkanes of at least 4 members (excludes halogenated alkanes) is 3. The molecule has 2 aromatic heterocycles. The van der Waals surface area contributed by atoms with E-state index in [0.717, 1.165) is 50.1 Å². The Morgan fingerprint density at radius 1 is 1.13 bits per heavy atom. The molecule has 0 unspecified atom stereocenters. The lowest BCUT2D eigenvalue weighted by atomic mass is 10.1. The molecule has 2 N–H and O–H groups in total. The molecule has 0 radical (unpaired) electrons. The number of hydrogen-bond acceptors (Lipinski definition) is 6. The van der Waals surface area contributed by atoms with Crippen molar-refractivity contribution in [1.82, 2.24) is 14.5 Å². The molecule has 0 aromatic carbocycles. The van der Waals surface area contributed by atoms with Crippen LogP contribution < -0.4 is 10.5 Å². The molecule has 7 nitrogen and oxygen atoms in total. The van der Waals surface area contributed by atoms with Gasteiger partial charge in [0.25, 0.3) is 0 Å². The summed E-state index contributed by atoms with van der Waals surface area (Å²) in [7, 11) is -1.20. The Hall–Kier alpha value is -1.82. The summed E-state index contributed by atoms with van der Waals surface area (Å²) in [5.74, 6) is 0.955. The van der Waals surface area contributed by atoms with Crippen molar-refractivity contribution in [3.63, 3.8) is 0 Å². The van der Waals surface area contributed by atoms with Crippen LogP contribution in [0.3, 0.4) is 0 Å². The first-order valence-corrected chi connectivity index (χ1v) is 15.4. The van der Waals surface area contributed by atoms with Crippen molar-refractivity contribution < 1.29 is 9.47 Å². The van der Waals surface area contributed by atoms with Gasteiger partial charge in [0.05, 0.1) is 6.61 Å². The van der Waals surface area contributed by atoms with Crippen molar-refractivity contribution in [2.75, 3.05) is 24.8 Å². The van der Waals surface area contributed by atoms with Gasteiger partial charge >= 0.3 is 6.01 Å². The van der Waals surface area contributed by atoms with E-state index in [9.17, 15) is 5.26 Å². The molecule has 2 heterocycles. The normalized spacial score (nSPS) is 11.7. The molecule has 172 valence electrons. The van der Waals surface area contributed by atoms with Crippen molar-refractivity contribution in [2.45, 2.75) is 77.9 Å². The fourth-order valence-electron chi connectivity index (χ4n) is 3.29. The van der Waals surface area contributed by atoms with Gasteiger partial charge in [0.2, 0.25) is 0 Å². The van der Waals surface area contributed by atoms with E-state index >= 15 is 0 Å². The van der Waals surface area contributed by atoms with Gasteiger partial charge in [0, 0.05) is 26.1 Å². The molecule has 0 saturated heterocycles. The number of hydrogen-bond donors (Lipinski definition) is 1. The molecule has 2 rings (SSSR count). The Morgan fingerprint density at radius 3 is 2.55 bits per heavy atom. The molecular weight excluding hydrogens is 430 g/mol. The molecule has 0 spiro atoms. The highest BCUT2D eigenvalue weighted by atomic mass is 35.5. The number of ether oxygens (including phenoxy) is 2. The lowest BCUT2D eigenvalue weighted by Gasteiger charge is -2.16. The van der Waals surface area contributed by atoms with Crippen molar-refractivity contribution in [3.05, 3.63) is 11.3 Å². The highest BCUT2D eigenvalue weighted by Crippen LogP contribution is 2.31. The molecule has 0 bridgehead atoms. The number of fused-ring (bicyclic) bond motifs is 1. The van der Waals surface area contributed by atoms with Crippen LogP contribution in [0.2, 0.25) is 25.7 Å². The number of nitriles is 1. The van der Waals surface area contributed by atoms with Gasteiger partial charge in [0.1, 0.15) is 29.5 Å². The number of nitrogen functional groups attached to an aromatic ring is 1. The van der Waals surface area contributed by atoms with Gasteiger partial charge in [-0.15, -0.1) is 11.6 Å². The quantitative estimate of drug-likeness (QED) is 0.230. The number of aromatic nitrogens is 3. The Balaban J connectivity index is 2.39. The van der Waals surface area contributed by atoms with Gasteiger partial charge in [-0.2, -0.15) is 15.2 Å². The summed E-state index contributed by atoms with van der Waals surface area (Å²) in [6.45, 7) is 10.5. The summed E-state index contributed by atoms with van der Waals surface area (Å²) in [6, 6.07) is 3.67. The van der Waals surface area contributed by atoms with Crippen LogP contribution in [-0.4, -0.2) is 41.7 Å². The van der Waals surface area contributed by atoms with Gasteiger partial charge in [-0.25, -0.2) is 0 Å². The van der Waals surface area contributed by atoms with Crippen LogP contribution in [0, 0.1) is 11.3 Å². The van der Waals surface area contributed by atoms with E-state index in [2.05, 4.69) is 42.6 Å². The number of halogens is 1. The predicted octanol–water partition coefficient (Wildman–Crippen LogP) is 5.33. The average Bonchev–Trinajstić information content (AvgIpc) is 3.01. The zero-order chi connectivity index (χ0) is 22.9. The SMILES string of the molecule is CCCCOc1nc(N)c2c(n1)c(CCCCCCl)c(C#N)n2COCC[Si](C)(C)C. The molecular formula is C22H36ClN5O2Si. The molecule has 0 aliphatic carbocycles. The maximum atomic E-state index is 9.96. The molecule has 31 heavy (non-hydrogen) atoms. The number of nitrogens with zero attached hydrogens (tertiary/aromatic N) is 4. The van der Waals surface area contributed by atoms with Crippen molar-refractivity contribution in [1.29, 1.82) is 5.26 Å². The number of alkyl halides is 1. The fourth-order valence-corrected chi connectivity index (χ4v) is 4.23. The lowest BCUT2D eigenvalue weighted by Crippen LogP contribution is -2.22. The third-order valence-corrected chi connectivity index (χ3v) is 7.09. The Labute approximate surface area is 191 Å². The van der Waals surface area contributed by atoms with Gasteiger partial charge in [-0.3, -0.25) is 0 Å². The fraction of sp³-hybridized carbons (Fsp3) is 0.682. The predicted molar refractivity (Wildman–Crippen MR) is 129 cm³/mol. The molecule has 9 heteroatoms. The van der Waals surface area contributed by atoms with Crippen molar-refractivity contribution in [3.8, 4) is 12.1 Å². The second kappa shape index (κ2) is 12.3. The van der Waals surface area contributed by atoms with Crippen molar-refractivity contribution >= 4 is 36.5 Å². The van der Waals surface area contributed by atoms with Crippen LogP contribution in [0.15, 0.2) is 0 Å². The summed E-state index contributed by atoms with van der Waals surface area (Å²) >= 11 is 5.82. The Kier molecular flexibility index (Phi) is 10.1. The molecule has 0 fully saturated rings. The number of nitrogens with two attached hydrogens (primary N) is 1. The smallest absolute Gasteiger partial charge is 0.319 e. The molecule has 0 aliphatic heterocycles. The second-order valence-corrected chi connectivity index (χ2v) is 15.0. The summed E-state index contributed by atoms with van der Waals surface area (Å²) in [6.07, 6.45) is 5.53.